The molecule has 2 aliphatic rings. The Morgan fingerprint density at radius 2 is 1.61 bits per heavy atom. The average molecular weight is 387 g/mol. The summed E-state index contributed by atoms with van der Waals surface area (Å²) in [6, 6.07) is 7.94. The van der Waals surface area contributed by atoms with Gasteiger partial charge in [-0.05, 0) is 37.6 Å². The van der Waals surface area contributed by atoms with Gasteiger partial charge in [-0.25, -0.2) is 0 Å². The number of benzene rings is 1. The third-order valence-corrected chi connectivity index (χ3v) is 6.17. The van der Waals surface area contributed by atoms with Gasteiger partial charge in [0, 0.05) is 57.3 Å². The van der Waals surface area contributed by atoms with E-state index in [0.717, 1.165) is 64.5 Å². The molecule has 0 aromatic heterocycles. The van der Waals surface area contributed by atoms with Crippen molar-refractivity contribution in [2.45, 2.75) is 33.1 Å². The lowest BCUT2D eigenvalue weighted by atomic mass is 9.89. The molecule has 0 spiro atoms. The topological polar surface area (TPSA) is 55.9 Å². The number of fused-ring (bicyclic) bond motifs is 1. The molecule has 0 saturated carbocycles. The van der Waals surface area contributed by atoms with Crippen molar-refractivity contribution in [3.8, 4) is 0 Å². The number of nitrogens with one attached hydrogen (secondary N) is 1. The first-order valence-corrected chi connectivity index (χ1v) is 10.7. The Morgan fingerprint density at radius 3 is 2.25 bits per heavy atom. The Hall–Kier alpha value is -1.92. The fourth-order valence-electron chi connectivity index (χ4n) is 4.13. The summed E-state index contributed by atoms with van der Waals surface area (Å²) in [7, 11) is 0. The highest BCUT2D eigenvalue weighted by Gasteiger charge is 2.27. The first kappa shape index (κ1) is 20.8. The Balaban J connectivity index is 1.56. The number of para-hydroxylation sites is 1. The second-order valence-electron chi connectivity index (χ2n) is 7.84. The fraction of sp³-hybridized carbons (Fsp3) is 0.636. The van der Waals surface area contributed by atoms with Crippen molar-refractivity contribution in [1.82, 2.24) is 14.7 Å². The predicted molar refractivity (Wildman–Crippen MR) is 112 cm³/mol. The Labute approximate surface area is 168 Å². The van der Waals surface area contributed by atoms with Gasteiger partial charge in [0.15, 0.2) is 0 Å². The highest BCUT2D eigenvalue weighted by molar-refractivity contribution is 5.96. The number of nitrogens with zero attached hydrogens (tertiary/aromatic N) is 3. The van der Waals surface area contributed by atoms with Gasteiger partial charge in [0.25, 0.3) is 0 Å². The normalized spacial score (nSPS) is 22.0. The molecule has 1 saturated heterocycles. The van der Waals surface area contributed by atoms with Gasteiger partial charge in [-0.3, -0.25) is 9.59 Å². The van der Waals surface area contributed by atoms with Crippen molar-refractivity contribution in [3.63, 3.8) is 0 Å². The van der Waals surface area contributed by atoms with E-state index in [-0.39, 0.29) is 17.7 Å². The van der Waals surface area contributed by atoms with E-state index in [9.17, 15) is 9.59 Å². The number of hydrogen-bond donors (Lipinski definition) is 1. The van der Waals surface area contributed by atoms with Crippen LogP contribution in [0.25, 0.3) is 0 Å². The molecule has 2 heterocycles. The number of hydrogen-bond acceptors (Lipinski definition) is 4. The molecule has 154 valence electrons. The van der Waals surface area contributed by atoms with Gasteiger partial charge in [0.05, 0.1) is 0 Å². The number of carbonyl (C=O) groups is 2. The molecule has 28 heavy (non-hydrogen) atoms. The predicted octanol–water partition coefficient (Wildman–Crippen LogP) is 2.06. The van der Waals surface area contributed by atoms with Crippen LogP contribution in [0.4, 0.5) is 5.69 Å². The van der Waals surface area contributed by atoms with Crippen LogP contribution in [0.5, 0.6) is 0 Å². The van der Waals surface area contributed by atoms with Crippen molar-refractivity contribution in [3.05, 3.63) is 29.8 Å². The molecule has 0 radical (unpaired) electrons. The summed E-state index contributed by atoms with van der Waals surface area (Å²) in [5, 5.41) is 2.99. The summed E-state index contributed by atoms with van der Waals surface area (Å²) < 4.78 is 0. The lowest BCUT2D eigenvalue weighted by Crippen LogP contribution is -2.40. The van der Waals surface area contributed by atoms with Crippen LogP contribution < -0.4 is 5.32 Å². The monoisotopic (exact) mass is 386 g/mol. The summed E-state index contributed by atoms with van der Waals surface area (Å²) in [5.41, 5.74) is 2.08. The number of anilines is 1. The van der Waals surface area contributed by atoms with Crippen molar-refractivity contribution in [2.75, 3.05) is 57.7 Å². The molecule has 6 heteroatoms. The van der Waals surface area contributed by atoms with E-state index in [1.54, 1.807) is 0 Å². The van der Waals surface area contributed by atoms with E-state index in [1.165, 1.54) is 5.56 Å². The lowest BCUT2D eigenvalue weighted by molar-refractivity contribution is -0.132. The van der Waals surface area contributed by atoms with E-state index >= 15 is 0 Å². The maximum atomic E-state index is 12.9. The smallest absolute Gasteiger partial charge is 0.227 e. The van der Waals surface area contributed by atoms with E-state index < -0.39 is 0 Å². The molecule has 2 aliphatic heterocycles. The number of carbonyl (C=O) groups excluding carboxylic acids is 2. The lowest BCUT2D eigenvalue weighted by Gasteiger charge is -2.27. The maximum Gasteiger partial charge on any atom is 0.227 e. The van der Waals surface area contributed by atoms with Gasteiger partial charge >= 0.3 is 0 Å². The van der Waals surface area contributed by atoms with Crippen molar-refractivity contribution >= 4 is 17.5 Å². The third-order valence-electron chi connectivity index (χ3n) is 6.17. The van der Waals surface area contributed by atoms with Crippen LogP contribution >= 0.6 is 0 Å². The Bertz CT molecular complexity index is 662. The van der Waals surface area contributed by atoms with Gasteiger partial charge < -0.3 is 20.0 Å². The number of likely N-dealkylation sites (N-methyl/N-ethyl adjacent to an activating group) is 2. The minimum atomic E-state index is -0.115. The van der Waals surface area contributed by atoms with Crippen LogP contribution in [0.15, 0.2) is 24.3 Å². The largest absolute Gasteiger partial charge is 0.340 e. The molecule has 1 atom stereocenters. The summed E-state index contributed by atoms with van der Waals surface area (Å²) >= 11 is 0. The summed E-state index contributed by atoms with van der Waals surface area (Å²) in [6.07, 6.45) is 1.78. The third kappa shape index (κ3) is 5.32. The van der Waals surface area contributed by atoms with E-state index in [0.29, 0.717) is 12.8 Å². The summed E-state index contributed by atoms with van der Waals surface area (Å²) in [5.74, 6) is 0.113. The van der Waals surface area contributed by atoms with Gasteiger partial charge in [-0.1, -0.05) is 32.0 Å². The molecule has 1 N–H and O–H groups in total. The molecule has 2 amide bonds. The molecule has 0 bridgehead atoms. The zero-order valence-electron chi connectivity index (χ0n) is 17.3. The second kappa shape index (κ2) is 10.0. The molecule has 3 rings (SSSR count). The van der Waals surface area contributed by atoms with Gasteiger partial charge in [0.2, 0.25) is 11.8 Å². The number of rotatable bonds is 5. The SMILES string of the molecule is CCN1CCN(CC)CCN(C(=O)CCC2Cc3ccccc3NC2=O)CC1. The fourth-order valence-corrected chi connectivity index (χ4v) is 4.13. The standard InChI is InChI=1S/C22H34N4O2/c1-3-24-11-12-25(4-2)14-16-26(15-13-24)21(27)10-9-19-17-18-7-5-6-8-20(18)23-22(19)28/h5-8,19H,3-4,9-17H2,1-2H3,(H,23,28). The quantitative estimate of drug-likeness (QED) is 0.842. The van der Waals surface area contributed by atoms with Crippen molar-refractivity contribution in [2.24, 2.45) is 5.92 Å². The molecular weight excluding hydrogens is 352 g/mol. The highest BCUT2D eigenvalue weighted by Crippen LogP contribution is 2.27. The zero-order chi connectivity index (χ0) is 19.9. The van der Waals surface area contributed by atoms with Crippen LogP contribution in [0.1, 0.15) is 32.3 Å². The molecule has 1 aromatic carbocycles. The van der Waals surface area contributed by atoms with Crippen LogP contribution in [-0.4, -0.2) is 78.9 Å². The molecule has 1 fully saturated rings. The van der Waals surface area contributed by atoms with Gasteiger partial charge in [-0.15, -0.1) is 0 Å². The second-order valence-corrected chi connectivity index (χ2v) is 7.84. The molecule has 1 unspecified atom stereocenters. The first-order chi connectivity index (χ1) is 13.6. The molecule has 1 aromatic rings. The van der Waals surface area contributed by atoms with Gasteiger partial charge in [-0.2, -0.15) is 0 Å². The van der Waals surface area contributed by atoms with E-state index in [1.807, 2.05) is 23.1 Å². The van der Waals surface area contributed by atoms with E-state index in [4.69, 9.17) is 0 Å². The molecular formula is C22H34N4O2. The first-order valence-electron chi connectivity index (χ1n) is 10.7. The summed E-state index contributed by atoms with van der Waals surface area (Å²) in [4.78, 5) is 32.2. The Kier molecular flexibility index (Phi) is 7.45. The van der Waals surface area contributed by atoms with Crippen LogP contribution in [-0.2, 0) is 16.0 Å². The minimum absolute atomic E-state index is 0.0466. The van der Waals surface area contributed by atoms with Gasteiger partial charge in [0.1, 0.15) is 0 Å². The van der Waals surface area contributed by atoms with Crippen LogP contribution in [0.3, 0.4) is 0 Å². The maximum absolute atomic E-state index is 12.9. The van der Waals surface area contributed by atoms with Crippen molar-refractivity contribution < 1.29 is 9.59 Å². The van der Waals surface area contributed by atoms with Crippen molar-refractivity contribution in [1.29, 1.82) is 0 Å². The van der Waals surface area contributed by atoms with E-state index in [2.05, 4.69) is 35.0 Å². The minimum Gasteiger partial charge on any atom is -0.340 e. The zero-order valence-corrected chi connectivity index (χ0v) is 17.3. The number of amides is 2. The van der Waals surface area contributed by atoms with Crippen LogP contribution in [0.2, 0.25) is 0 Å². The summed E-state index contributed by atoms with van der Waals surface area (Å²) in [6.45, 7) is 11.9. The average Bonchev–Trinajstić information content (AvgIpc) is 2.82. The highest BCUT2D eigenvalue weighted by atomic mass is 16.2. The molecule has 0 aliphatic carbocycles. The van der Waals surface area contributed by atoms with Crippen LogP contribution in [0, 0.1) is 5.92 Å². The molecule has 6 nitrogen and oxygen atoms in total. The Morgan fingerprint density at radius 1 is 1.00 bits per heavy atom.